The summed E-state index contributed by atoms with van der Waals surface area (Å²) in [6.45, 7) is 12.9. The first kappa shape index (κ1) is 24.1. The van der Waals surface area contributed by atoms with Crippen LogP contribution in [0.3, 0.4) is 0 Å². The smallest absolute Gasteiger partial charge is 0.256 e. The second kappa shape index (κ2) is 8.81. The Kier molecular flexibility index (Phi) is 6.07. The van der Waals surface area contributed by atoms with Crippen molar-refractivity contribution in [3.63, 3.8) is 0 Å². The molecule has 35 heavy (non-hydrogen) atoms. The van der Waals surface area contributed by atoms with Gasteiger partial charge in [-0.05, 0) is 55.4 Å². The van der Waals surface area contributed by atoms with E-state index in [9.17, 15) is 14.4 Å². The third kappa shape index (κ3) is 4.53. The third-order valence-corrected chi connectivity index (χ3v) is 8.01. The molecule has 0 radical (unpaired) electrons. The SMILES string of the molecule is C=CC(=O)N1CC(CC(=O)Cn2c(C3CC3)c(C(=O)N3CCC(C)(C)C3)c3cc(Cl)cc(C)c32)C1. The first-order valence-electron chi connectivity index (χ1n) is 12.6. The Morgan fingerprint density at radius 3 is 2.49 bits per heavy atom. The summed E-state index contributed by atoms with van der Waals surface area (Å²) in [6.07, 6.45) is 4.80. The molecular formula is C28H34ClN3O3. The van der Waals surface area contributed by atoms with Gasteiger partial charge in [-0.15, -0.1) is 0 Å². The largest absolute Gasteiger partial charge is 0.338 e. The number of carbonyl (C=O) groups excluding carboxylic acids is 3. The van der Waals surface area contributed by atoms with E-state index in [1.165, 1.54) is 6.08 Å². The molecule has 1 aromatic heterocycles. The Balaban J connectivity index is 1.49. The molecule has 1 aromatic carbocycles. The van der Waals surface area contributed by atoms with Crippen molar-refractivity contribution in [3.8, 4) is 0 Å². The summed E-state index contributed by atoms with van der Waals surface area (Å²) in [6, 6.07) is 3.81. The lowest BCUT2D eigenvalue weighted by Crippen LogP contribution is -2.50. The number of hydrogen-bond acceptors (Lipinski definition) is 3. The van der Waals surface area contributed by atoms with E-state index in [2.05, 4.69) is 25.0 Å². The van der Waals surface area contributed by atoms with Crippen LogP contribution in [-0.4, -0.2) is 58.1 Å². The number of hydrogen-bond donors (Lipinski definition) is 0. The summed E-state index contributed by atoms with van der Waals surface area (Å²) < 4.78 is 2.11. The number of aromatic nitrogens is 1. The fourth-order valence-corrected chi connectivity index (χ4v) is 6.14. The zero-order chi connectivity index (χ0) is 25.1. The van der Waals surface area contributed by atoms with Crippen LogP contribution >= 0.6 is 11.6 Å². The van der Waals surface area contributed by atoms with Crippen molar-refractivity contribution < 1.29 is 14.4 Å². The van der Waals surface area contributed by atoms with Crippen molar-refractivity contribution >= 4 is 40.1 Å². The standard InChI is InChI=1S/C28H34ClN3O3/c1-5-23(34)31-13-18(14-31)11-21(33)15-32-25-17(2)10-20(29)12-22(25)24(26(32)19-6-7-19)27(35)30-9-8-28(3,4)16-30/h5,10,12,18-19H,1,6-9,11,13-16H2,2-4H3. The maximum atomic E-state index is 13.9. The molecular weight excluding hydrogens is 462 g/mol. The van der Waals surface area contributed by atoms with E-state index in [1.807, 2.05) is 24.0 Å². The zero-order valence-corrected chi connectivity index (χ0v) is 21.7. The van der Waals surface area contributed by atoms with Gasteiger partial charge in [-0.25, -0.2) is 0 Å². The number of aryl methyl sites for hydroxylation is 1. The number of Topliss-reactive ketones (excluding diaryl/α,β-unsaturated/α-hetero) is 1. The van der Waals surface area contributed by atoms with Crippen LogP contribution in [0, 0.1) is 18.3 Å². The highest BCUT2D eigenvalue weighted by Gasteiger charge is 2.40. The van der Waals surface area contributed by atoms with E-state index in [0.717, 1.165) is 60.1 Å². The average molecular weight is 496 g/mol. The second-order valence-corrected chi connectivity index (χ2v) is 11.9. The minimum absolute atomic E-state index is 0.0629. The number of benzene rings is 1. The molecule has 2 aliphatic heterocycles. The van der Waals surface area contributed by atoms with Crippen LogP contribution in [0.2, 0.25) is 5.02 Å². The van der Waals surface area contributed by atoms with Gasteiger partial charge >= 0.3 is 0 Å². The summed E-state index contributed by atoms with van der Waals surface area (Å²) in [7, 11) is 0. The number of fused-ring (bicyclic) bond motifs is 1. The lowest BCUT2D eigenvalue weighted by Gasteiger charge is -2.38. The van der Waals surface area contributed by atoms with Gasteiger partial charge in [0.25, 0.3) is 5.91 Å². The Bertz CT molecular complexity index is 1230. The fourth-order valence-electron chi connectivity index (χ4n) is 5.86. The third-order valence-electron chi connectivity index (χ3n) is 7.79. The van der Waals surface area contributed by atoms with E-state index in [-0.39, 0.29) is 35.5 Å². The van der Waals surface area contributed by atoms with Gasteiger partial charge in [0.05, 0.1) is 17.6 Å². The highest BCUT2D eigenvalue weighted by Crippen LogP contribution is 2.47. The molecule has 0 N–H and O–H groups in total. The lowest BCUT2D eigenvalue weighted by atomic mass is 9.93. The van der Waals surface area contributed by atoms with E-state index in [4.69, 9.17) is 11.6 Å². The van der Waals surface area contributed by atoms with E-state index in [1.54, 1.807) is 4.90 Å². The minimum Gasteiger partial charge on any atom is -0.338 e. The van der Waals surface area contributed by atoms with Crippen LogP contribution in [0.5, 0.6) is 0 Å². The van der Waals surface area contributed by atoms with Crippen molar-refractivity contribution in [2.45, 2.75) is 58.9 Å². The molecule has 2 saturated heterocycles. The van der Waals surface area contributed by atoms with Gasteiger partial charge in [0, 0.05) is 60.5 Å². The van der Waals surface area contributed by atoms with Gasteiger partial charge < -0.3 is 14.4 Å². The predicted molar refractivity (Wildman–Crippen MR) is 138 cm³/mol. The topological polar surface area (TPSA) is 62.6 Å². The van der Waals surface area contributed by atoms with E-state index >= 15 is 0 Å². The lowest BCUT2D eigenvalue weighted by molar-refractivity contribution is -0.134. The first-order chi connectivity index (χ1) is 16.6. The van der Waals surface area contributed by atoms with Crippen LogP contribution in [0.25, 0.3) is 10.9 Å². The van der Waals surface area contributed by atoms with E-state index in [0.29, 0.717) is 30.5 Å². The van der Waals surface area contributed by atoms with Gasteiger partial charge in [-0.2, -0.15) is 0 Å². The van der Waals surface area contributed by atoms with Crippen LogP contribution in [-0.2, 0) is 16.1 Å². The molecule has 5 rings (SSSR count). The monoisotopic (exact) mass is 495 g/mol. The Labute approximate surface area is 211 Å². The Hall–Kier alpha value is -2.60. The van der Waals surface area contributed by atoms with Crippen molar-refractivity contribution in [2.75, 3.05) is 26.2 Å². The number of likely N-dealkylation sites (tertiary alicyclic amines) is 2. The summed E-state index contributed by atoms with van der Waals surface area (Å²) in [5.74, 6) is 0.596. The first-order valence-corrected chi connectivity index (χ1v) is 13.0. The number of carbonyl (C=O) groups is 3. The maximum Gasteiger partial charge on any atom is 0.256 e. The number of halogens is 1. The second-order valence-electron chi connectivity index (χ2n) is 11.4. The highest BCUT2D eigenvalue weighted by atomic mass is 35.5. The number of nitrogens with zero attached hydrogens (tertiary/aromatic N) is 3. The summed E-state index contributed by atoms with van der Waals surface area (Å²) in [5.41, 5.74) is 3.79. The normalized spacial score (nSPS) is 19.8. The van der Waals surface area contributed by atoms with Crippen molar-refractivity contribution in [1.82, 2.24) is 14.4 Å². The van der Waals surface area contributed by atoms with Crippen LogP contribution in [0.15, 0.2) is 24.8 Å². The fraction of sp³-hybridized carbons (Fsp3) is 0.536. The number of amides is 2. The van der Waals surface area contributed by atoms with E-state index < -0.39 is 0 Å². The van der Waals surface area contributed by atoms with Gasteiger partial charge in [0.2, 0.25) is 5.91 Å². The van der Waals surface area contributed by atoms with Gasteiger partial charge in [-0.1, -0.05) is 32.0 Å². The molecule has 7 heteroatoms. The molecule has 2 aromatic rings. The van der Waals surface area contributed by atoms with Crippen LogP contribution in [0.1, 0.15) is 67.1 Å². The predicted octanol–water partition coefficient (Wildman–Crippen LogP) is 4.96. The molecule has 3 fully saturated rings. The molecule has 3 heterocycles. The highest BCUT2D eigenvalue weighted by molar-refractivity contribution is 6.31. The molecule has 6 nitrogen and oxygen atoms in total. The summed E-state index contributed by atoms with van der Waals surface area (Å²) in [4.78, 5) is 42.6. The van der Waals surface area contributed by atoms with Gasteiger partial charge in [0.1, 0.15) is 0 Å². The van der Waals surface area contributed by atoms with Crippen molar-refractivity contribution in [3.05, 3.63) is 46.6 Å². The quantitative estimate of drug-likeness (QED) is 0.510. The molecule has 0 unspecified atom stereocenters. The minimum atomic E-state index is -0.0816. The molecule has 1 saturated carbocycles. The van der Waals surface area contributed by atoms with Crippen LogP contribution < -0.4 is 0 Å². The molecule has 0 bridgehead atoms. The van der Waals surface area contributed by atoms with Gasteiger partial charge in [-0.3, -0.25) is 14.4 Å². The van der Waals surface area contributed by atoms with Crippen LogP contribution in [0.4, 0.5) is 0 Å². The average Bonchev–Trinajstić information content (AvgIpc) is 3.46. The summed E-state index contributed by atoms with van der Waals surface area (Å²) in [5, 5.41) is 1.48. The molecule has 2 amide bonds. The summed E-state index contributed by atoms with van der Waals surface area (Å²) >= 11 is 6.47. The van der Waals surface area contributed by atoms with Crippen molar-refractivity contribution in [2.24, 2.45) is 11.3 Å². The Morgan fingerprint density at radius 2 is 1.89 bits per heavy atom. The Morgan fingerprint density at radius 1 is 1.17 bits per heavy atom. The van der Waals surface area contributed by atoms with Crippen molar-refractivity contribution in [1.29, 1.82) is 0 Å². The molecule has 0 atom stereocenters. The molecule has 1 aliphatic carbocycles. The molecule has 3 aliphatic rings. The maximum absolute atomic E-state index is 13.9. The molecule has 186 valence electrons. The van der Waals surface area contributed by atoms with Gasteiger partial charge in [0.15, 0.2) is 5.78 Å². The number of rotatable bonds is 7. The molecule has 0 spiro atoms. The number of ketones is 1. The zero-order valence-electron chi connectivity index (χ0n) is 20.9.